The van der Waals surface area contributed by atoms with Crippen LogP contribution in [0.3, 0.4) is 0 Å². The fourth-order valence-electron chi connectivity index (χ4n) is 10.7. The number of aliphatic hydroxyl groups is 8. The lowest BCUT2D eigenvalue weighted by atomic mass is 9.97. The van der Waals surface area contributed by atoms with Gasteiger partial charge in [0.2, 0.25) is 5.91 Å². The molecule has 0 aromatic heterocycles. The molecule has 0 saturated carbocycles. The number of rotatable bonds is 52. The van der Waals surface area contributed by atoms with Crippen molar-refractivity contribution in [1.29, 1.82) is 0 Å². The van der Waals surface area contributed by atoms with E-state index in [1.807, 2.05) is 0 Å². The SMILES string of the molecule is CCCCCCC/C=C\C/C=C\CCCCCCCCCCCCCCCCCCCCCCCCCCCC(=O)NC(COC1OC(CO)C(OC2OC(CO)C(O)C(O)C2O)C(O)C1O)C(O)CCCCCCCC. The van der Waals surface area contributed by atoms with E-state index in [-0.39, 0.29) is 12.5 Å². The molecule has 14 nitrogen and oxygen atoms in total. The van der Waals surface area contributed by atoms with Crippen LogP contribution in [0, 0.1) is 0 Å². The zero-order valence-electron chi connectivity index (χ0n) is 49.0. The lowest BCUT2D eigenvalue weighted by Crippen LogP contribution is -2.65. The van der Waals surface area contributed by atoms with Crippen molar-refractivity contribution >= 4 is 5.91 Å². The molecule has 2 rings (SSSR count). The van der Waals surface area contributed by atoms with Crippen molar-refractivity contribution in [2.75, 3.05) is 19.8 Å². The van der Waals surface area contributed by atoms with E-state index in [0.717, 1.165) is 70.6 Å². The molecule has 2 fully saturated rings. The minimum atomic E-state index is -1.78. The van der Waals surface area contributed by atoms with Crippen LogP contribution >= 0.6 is 0 Å². The maximum atomic E-state index is 13.2. The first-order valence-electron chi connectivity index (χ1n) is 32.1. The molecule has 1 amide bonds. The fraction of sp³-hybridized carbons (Fsp3) is 0.921. The van der Waals surface area contributed by atoms with Crippen molar-refractivity contribution in [3.05, 3.63) is 24.3 Å². The predicted octanol–water partition coefficient (Wildman–Crippen LogP) is 11.6. The van der Waals surface area contributed by atoms with E-state index in [2.05, 4.69) is 43.5 Å². The number of carbonyl (C=O) groups is 1. The van der Waals surface area contributed by atoms with Gasteiger partial charge in [0.15, 0.2) is 12.6 Å². The number of allylic oxidation sites excluding steroid dienone is 4. The highest BCUT2D eigenvalue weighted by Crippen LogP contribution is 2.30. The molecule has 2 aliphatic heterocycles. The summed E-state index contributed by atoms with van der Waals surface area (Å²) in [5.74, 6) is -0.207. The van der Waals surface area contributed by atoms with Gasteiger partial charge in [-0.15, -0.1) is 0 Å². The van der Waals surface area contributed by atoms with Gasteiger partial charge in [-0.3, -0.25) is 4.79 Å². The fourth-order valence-corrected chi connectivity index (χ4v) is 10.7. The molecule has 0 spiro atoms. The summed E-state index contributed by atoms with van der Waals surface area (Å²) in [6, 6.07) is -0.822. The molecule has 2 heterocycles. The molecule has 0 bridgehead atoms. The normalized spacial score (nSPS) is 24.8. The number of ether oxygens (including phenoxy) is 4. The van der Waals surface area contributed by atoms with Gasteiger partial charge in [-0.2, -0.15) is 0 Å². The first-order valence-corrected chi connectivity index (χ1v) is 32.1. The Morgan fingerprint density at radius 1 is 0.468 bits per heavy atom. The van der Waals surface area contributed by atoms with E-state index >= 15 is 0 Å². The van der Waals surface area contributed by atoms with Gasteiger partial charge >= 0.3 is 0 Å². The molecule has 12 unspecified atom stereocenters. The van der Waals surface area contributed by atoms with Gasteiger partial charge in [-0.05, 0) is 44.9 Å². The van der Waals surface area contributed by atoms with Gasteiger partial charge in [0, 0.05) is 6.42 Å². The number of carbonyl (C=O) groups excluding carboxylic acids is 1. The molecule has 0 aromatic rings. The Labute approximate surface area is 468 Å². The van der Waals surface area contributed by atoms with Crippen LogP contribution in [-0.4, -0.2) is 140 Å². The van der Waals surface area contributed by atoms with Crippen LogP contribution in [0.15, 0.2) is 24.3 Å². The second-order valence-electron chi connectivity index (χ2n) is 22.9. The molecule has 0 aromatic carbocycles. The molecular formula is C63H119NO13. The van der Waals surface area contributed by atoms with Gasteiger partial charge < -0.3 is 65.1 Å². The van der Waals surface area contributed by atoms with Gasteiger partial charge in [0.1, 0.15) is 48.8 Å². The number of hydrogen-bond donors (Lipinski definition) is 9. The van der Waals surface area contributed by atoms with Crippen LogP contribution in [0.25, 0.3) is 0 Å². The summed E-state index contributed by atoms with van der Waals surface area (Å²) in [4.78, 5) is 13.2. The van der Waals surface area contributed by atoms with Crippen LogP contribution in [-0.2, 0) is 23.7 Å². The second-order valence-corrected chi connectivity index (χ2v) is 22.9. The molecule has 77 heavy (non-hydrogen) atoms. The van der Waals surface area contributed by atoms with E-state index in [4.69, 9.17) is 18.9 Å². The Morgan fingerprint density at radius 3 is 1.30 bits per heavy atom. The van der Waals surface area contributed by atoms with Crippen LogP contribution in [0.1, 0.15) is 277 Å². The third kappa shape index (κ3) is 34.5. The average Bonchev–Trinajstić information content (AvgIpc) is 3.43. The lowest BCUT2D eigenvalue weighted by Gasteiger charge is -2.46. The number of amides is 1. The monoisotopic (exact) mass is 1100 g/mol. The summed E-state index contributed by atoms with van der Waals surface area (Å²) >= 11 is 0. The largest absolute Gasteiger partial charge is 0.394 e. The predicted molar refractivity (Wildman–Crippen MR) is 309 cm³/mol. The van der Waals surface area contributed by atoms with Crippen molar-refractivity contribution in [2.45, 2.75) is 351 Å². The summed E-state index contributed by atoms with van der Waals surface area (Å²) < 4.78 is 22.7. The highest BCUT2D eigenvalue weighted by molar-refractivity contribution is 5.76. The number of hydrogen-bond acceptors (Lipinski definition) is 13. The Bertz CT molecular complexity index is 1390. The number of aliphatic hydroxyl groups excluding tert-OH is 8. The van der Waals surface area contributed by atoms with E-state index in [9.17, 15) is 45.6 Å². The number of nitrogens with one attached hydrogen (secondary N) is 1. The summed E-state index contributed by atoms with van der Waals surface area (Å²) in [6.45, 7) is 2.79. The maximum absolute atomic E-state index is 13.2. The quantitative estimate of drug-likeness (QED) is 0.0204. The van der Waals surface area contributed by atoms with Gasteiger partial charge in [-0.1, -0.05) is 250 Å². The van der Waals surface area contributed by atoms with E-state index < -0.39 is 86.8 Å². The Kier molecular flexibility index (Phi) is 45.7. The first kappa shape index (κ1) is 71.6. The van der Waals surface area contributed by atoms with Gasteiger partial charge in [-0.25, -0.2) is 0 Å². The number of unbranched alkanes of at least 4 members (excludes halogenated alkanes) is 35. The maximum Gasteiger partial charge on any atom is 0.220 e. The Morgan fingerprint density at radius 2 is 0.857 bits per heavy atom. The van der Waals surface area contributed by atoms with Crippen molar-refractivity contribution in [1.82, 2.24) is 5.32 Å². The Hall–Kier alpha value is -1.53. The standard InChI is InChI=1S/C63H119NO13/c1-3-5-7-9-11-12-13-14-15-16-17-18-19-20-21-22-23-24-25-26-27-28-29-30-31-32-33-34-35-36-37-38-39-40-41-43-45-47-55(68)64-51(52(67)46-44-42-10-8-6-4-2)50-74-62-60(73)58(71)61(54(49-66)76-62)77-63-59(72)57(70)56(69)53(48-65)75-63/h13-14,16-17,51-54,56-63,65-67,69-73H,3-12,15,18-50H2,1-2H3,(H,64,68)/b14-13-,17-16-. The molecule has 14 heteroatoms. The van der Waals surface area contributed by atoms with Crippen LogP contribution in [0.5, 0.6) is 0 Å². The summed E-state index contributed by atoms with van der Waals surface area (Å²) in [6.07, 6.45) is 42.8. The minimum Gasteiger partial charge on any atom is -0.394 e. The van der Waals surface area contributed by atoms with Gasteiger partial charge in [0.25, 0.3) is 0 Å². The molecule has 0 aliphatic carbocycles. The third-order valence-electron chi connectivity index (χ3n) is 15.9. The highest BCUT2D eigenvalue weighted by Gasteiger charge is 2.51. The zero-order valence-corrected chi connectivity index (χ0v) is 49.0. The molecule has 2 aliphatic rings. The summed E-state index contributed by atoms with van der Waals surface area (Å²) in [5.41, 5.74) is 0. The molecule has 12 atom stereocenters. The van der Waals surface area contributed by atoms with Crippen molar-refractivity contribution < 1.29 is 64.6 Å². The van der Waals surface area contributed by atoms with E-state index in [0.29, 0.717) is 12.8 Å². The summed E-state index contributed by atoms with van der Waals surface area (Å²) in [5, 5.41) is 86.7. The van der Waals surface area contributed by atoms with E-state index in [1.165, 1.54) is 180 Å². The van der Waals surface area contributed by atoms with Crippen LogP contribution < -0.4 is 5.32 Å². The molecule has 2 saturated heterocycles. The average molecular weight is 1100 g/mol. The first-order chi connectivity index (χ1) is 37.6. The van der Waals surface area contributed by atoms with Crippen LogP contribution in [0.2, 0.25) is 0 Å². The minimum absolute atomic E-state index is 0.207. The molecule has 0 radical (unpaired) electrons. The molecule has 9 N–H and O–H groups in total. The summed E-state index contributed by atoms with van der Waals surface area (Å²) in [7, 11) is 0. The smallest absolute Gasteiger partial charge is 0.220 e. The van der Waals surface area contributed by atoms with E-state index in [1.54, 1.807) is 0 Å². The highest BCUT2D eigenvalue weighted by atomic mass is 16.7. The molecular weight excluding hydrogens is 979 g/mol. The zero-order chi connectivity index (χ0) is 56.0. The Balaban J connectivity index is 1.49. The third-order valence-corrected chi connectivity index (χ3v) is 15.9. The van der Waals surface area contributed by atoms with Crippen molar-refractivity contribution in [3.63, 3.8) is 0 Å². The van der Waals surface area contributed by atoms with Gasteiger partial charge in [0.05, 0.1) is 32.0 Å². The van der Waals surface area contributed by atoms with Crippen LogP contribution in [0.4, 0.5) is 0 Å². The second kappa shape index (κ2) is 49.1. The topological polar surface area (TPSA) is 228 Å². The molecule has 454 valence electrons. The lowest BCUT2D eigenvalue weighted by molar-refractivity contribution is -0.359. The van der Waals surface area contributed by atoms with Crippen molar-refractivity contribution in [3.8, 4) is 0 Å². The van der Waals surface area contributed by atoms with Crippen molar-refractivity contribution in [2.24, 2.45) is 0 Å².